The van der Waals surface area contributed by atoms with E-state index in [4.69, 9.17) is 9.52 Å². The highest BCUT2D eigenvalue weighted by molar-refractivity contribution is 5.84. The van der Waals surface area contributed by atoms with Crippen LogP contribution in [0.25, 0.3) is 0 Å². The van der Waals surface area contributed by atoms with Crippen LogP contribution in [0.2, 0.25) is 0 Å². The Morgan fingerprint density at radius 3 is 2.56 bits per heavy atom. The van der Waals surface area contributed by atoms with Crippen LogP contribution in [0, 0.1) is 18.3 Å². The number of aryl methyl sites for hydroxylation is 1. The molecule has 1 unspecified atom stereocenters. The average molecular weight is 253 g/mol. The minimum atomic E-state index is -1.02. The van der Waals surface area contributed by atoms with E-state index >= 15 is 0 Å². The van der Waals surface area contributed by atoms with Crippen LogP contribution in [0.4, 0.5) is 0 Å². The number of carbonyl (C=O) groups is 1. The summed E-state index contributed by atoms with van der Waals surface area (Å²) in [5.74, 6) is 0.201. The molecule has 4 heteroatoms. The smallest absolute Gasteiger partial charge is 0.371 e. The van der Waals surface area contributed by atoms with Crippen molar-refractivity contribution in [3.05, 3.63) is 23.2 Å². The van der Waals surface area contributed by atoms with Gasteiger partial charge in [-0.25, -0.2) is 4.79 Å². The lowest BCUT2D eigenvalue weighted by molar-refractivity contribution is 0.0661. The summed E-state index contributed by atoms with van der Waals surface area (Å²) in [7, 11) is 0. The van der Waals surface area contributed by atoms with Gasteiger partial charge in [0, 0.05) is 12.1 Å². The van der Waals surface area contributed by atoms with Gasteiger partial charge in [0.25, 0.3) is 0 Å². The molecule has 1 atom stereocenters. The third kappa shape index (κ3) is 3.88. The fraction of sp³-hybridized carbons (Fsp3) is 0.643. The Bertz CT molecular complexity index is 415. The van der Waals surface area contributed by atoms with E-state index in [0.717, 1.165) is 12.1 Å². The Morgan fingerprint density at radius 1 is 1.50 bits per heavy atom. The molecule has 0 saturated heterocycles. The van der Waals surface area contributed by atoms with Crippen molar-refractivity contribution in [1.82, 2.24) is 5.32 Å². The Morgan fingerprint density at radius 2 is 2.11 bits per heavy atom. The first kappa shape index (κ1) is 14.8. The van der Waals surface area contributed by atoms with Crippen LogP contribution in [0.15, 0.2) is 10.5 Å². The zero-order valence-corrected chi connectivity index (χ0v) is 11.8. The number of nitrogens with one attached hydrogen (secondary N) is 1. The van der Waals surface area contributed by atoms with Gasteiger partial charge in [-0.3, -0.25) is 0 Å². The number of furan rings is 1. The first-order chi connectivity index (χ1) is 8.21. The first-order valence-corrected chi connectivity index (χ1v) is 6.25. The molecule has 0 aromatic carbocycles. The van der Waals surface area contributed by atoms with Gasteiger partial charge in [-0.15, -0.1) is 0 Å². The van der Waals surface area contributed by atoms with Gasteiger partial charge in [0.1, 0.15) is 5.76 Å². The van der Waals surface area contributed by atoms with Crippen molar-refractivity contribution in [2.75, 3.05) is 6.54 Å². The summed E-state index contributed by atoms with van der Waals surface area (Å²) in [6, 6.07) is 1.59. The molecule has 0 spiro atoms. The molecule has 0 aliphatic rings. The molecule has 18 heavy (non-hydrogen) atoms. The van der Waals surface area contributed by atoms with Crippen LogP contribution in [-0.4, -0.2) is 17.6 Å². The monoisotopic (exact) mass is 253 g/mol. The Labute approximate surface area is 108 Å². The number of hydrogen-bond acceptors (Lipinski definition) is 3. The van der Waals surface area contributed by atoms with Crippen LogP contribution in [0.1, 0.15) is 49.6 Å². The Balaban J connectivity index is 2.52. The normalized spacial score (nSPS) is 13.6. The molecule has 4 nitrogen and oxygen atoms in total. The summed E-state index contributed by atoms with van der Waals surface area (Å²) in [5, 5.41) is 12.2. The molecule has 0 amide bonds. The van der Waals surface area contributed by atoms with E-state index < -0.39 is 5.97 Å². The average Bonchev–Trinajstić information content (AvgIpc) is 2.59. The zero-order chi connectivity index (χ0) is 13.9. The molecular formula is C14H23NO3. The predicted octanol–water partition coefficient (Wildman–Crippen LogP) is 3.06. The summed E-state index contributed by atoms with van der Waals surface area (Å²) in [6.45, 7) is 12.2. The molecule has 0 bridgehead atoms. The number of hydrogen-bond donors (Lipinski definition) is 2. The first-order valence-electron chi connectivity index (χ1n) is 6.25. The molecule has 0 radical (unpaired) electrons. The lowest BCUT2D eigenvalue weighted by Gasteiger charge is -2.27. The maximum Gasteiger partial charge on any atom is 0.371 e. The van der Waals surface area contributed by atoms with E-state index in [0.29, 0.717) is 18.2 Å². The quantitative estimate of drug-likeness (QED) is 0.846. The fourth-order valence-electron chi connectivity index (χ4n) is 1.53. The number of carboxylic acid groups (broad SMARTS) is 1. The van der Waals surface area contributed by atoms with Crippen molar-refractivity contribution >= 4 is 5.97 Å². The van der Waals surface area contributed by atoms with Gasteiger partial charge in [-0.05, 0) is 30.9 Å². The molecular weight excluding hydrogens is 230 g/mol. The number of carboxylic acids is 1. The highest BCUT2D eigenvalue weighted by atomic mass is 16.4. The Kier molecular flexibility index (Phi) is 4.57. The third-order valence-corrected chi connectivity index (χ3v) is 3.48. The molecule has 2 N–H and O–H groups in total. The largest absolute Gasteiger partial charge is 0.475 e. The van der Waals surface area contributed by atoms with Crippen molar-refractivity contribution in [3.8, 4) is 0 Å². The van der Waals surface area contributed by atoms with Crippen molar-refractivity contribution in [3.63, 3.8) is 0 Å². The molecule has 1 rings (SSSR count). The SMILES string of the molecule is Cc1oc(C(=O)O)cc1CNCC(C)C(C)(C)C. The van der Waals surface area contributed by atoms with E-state index in [1.165, 1.54) is 0 Å². The summed E-state index contributed by atoms with van der Waals surface area (Å²) < 4.78 is 5.16. The molecule has 0 saturated carbocycles. The van der Waals surface area contributed by atoms with E-state index in [-0.39, 0.29) is 11.2 Å². The van der Waals surface area contributed by atoms with Gasteiger partial charge in [-0.2, -0.15) is 0 Å². The molecule has 0 aliphatic heterocycles. The van der Waals surface area contributed by atoms with Crippen molar-refractivity contribution in [1.29, 1.82) is 0 Å². The molecule has 1 aromatic rings. The van der Waals surface area contributed by atoms with Gasteiger partial charge in [0.05, 0.1) is 0 Å². The van der Waals surface area contributed by atoms with Crippen LogP contribution in [0.3, 0.4) is 0 Å². The van der Waals surface area contributed by atoms with Crippen molar-refractivity contribution < 1.29 is 14.3 Å². The van der Waals surface area contributed by atoms with Crippen molar-refractivity contribution in [2.45, 2.75) is 41.2 Å². The highest BCUT2D eigenvalue weighted by Crippen LogP contribution is 2.24. The standard InChI is InChI=1S/C14H23NO3/c1-9(14(3,4)5)7-15-8-11-6-12(13(16)17)18-10(11)2/h6,9,15H,7-8H2,1-5H3,(H,16,17). The molecule has 0 aliphatic carbocycles. The Hall–Kier alpha value is -1.29. The van der Waals surface area contributed by atoms with Gasteiger partial charge in [0.2, 0.25) is 5.76 Å². The lowest BCUT2D eigenvalue weighted by Crippen LogP contribution is -2.29. The van der Waals surface area contributed by atoms with E-state index in [1.54, 1.807) is 13.0 Å². The van der Waals surface area contributed by atoms with Gasteiger partial charge in [0.15, 0.2) is 0 Å². The topological polar surface area (TPSA) is 62.5 Å². The second-order valence-electron chi connectivity index (χ2n) is 5.90. The van der Waals surface area contributed by atoms with Gasteiger partial charge in [-0.1, -0.05) is 27.7 Å². The van der Waals surface area contributed by atoms with Gasteiger partial charge >= 0.3 is 5.97 Å². The number of aromatic carboxylic acids is 1. The summed E-state index contributed by atoms with van der Waals surface area (Å²) >= 11 is 0. The minimum Gasteiger partial charge on any atom is -0.475 e. The van der Waals surface area contributed by atoms with Crippen LogP contribution in [0.5, 0.6) is 0 Å². The molecule has 1 aromatic heterocycles. The van der Waals surface area contributed by atoms with E-state index in [1.807, 2.05) is 0 Å². The van der Waals surface area contributed by atoms with Crippen LogP contribution in [-0.2, 0) is 6.54 Å². The fourth-order valence-corrected chi connectivity index (χ4v) is 1.53. The van der Waals surface area contributed by atoms with Crippen LogP contribution >= 0.6 is 0 Å². The maximum absolute atomic E-state index is 10.8. The number of rotatable bonds is 5. The summed E-state index contributed by atoms with van der Waals surface area (Å²) in [4.78, 5) is 10.8. The van der Waals surface area contributed by atoms with Crippen LogP contribution < -0.4 is 5.32 Å². The van der Waals surface area contributed by atoms with E-state index in [9.17, 15) is 4.79 Å². The summed E-state index contributed by atoms with van der Waals surface area (Å²) in [5.41, 5.74) is 1.18. The van der Waals surface area contributed by atoms with Gasteiger partial charge < -0.3 is 14.8 Å². The second-order valence-corrected chi connectivity index (χ2v) is 5.90. The molecule has 102 valence electrons. The highest BCUT2D eigenvalue weighted by Gasteiger charge is 2.19. The lowest BCUT2D eigenvalue weighted by atomic mass is 9.82. The predicted molar refractivity (Wildman–Crippen MR) is 70.7 cm³/mol. The van der Waals surface area contributed by atoms with Crippen molar-refractivity contribution in [2.24, 2.45) is 11.3 Å². The molecule has 0 fully saturated rings. The maximum atomic E-state index is 10.8. The molecule has 1 heterocycles. The summed E-state index contributed by atoms with van der Waals surface area (Å²) in [6.07, 6.45) is 0. The second kappa shape index (κ2) is 5.57. The minimum absolute atomic E-state index is 0.00756. The third-order valence-electron chi connectivity index (χ3n) is 3.48. The van der Waals surface area contributed by atoms with E-state index in [2.05, 4.69) is 33.0 Å². The zero-order valence-electron chi connectivity index (χ0n) is 11.8.